The molecule has 39 heavy (non-hydrogen) atoms. The van der Waals surface area contributed by atoms with Crippen LogP contribution in [-0.4, -0.2) is 39.9 Å². The minimum Gasteiger partial charge on any atom is -0.489 e. The summed E-state index contributed by atoms with van der Waals surface area (Å²) < 4.78 is 44.5. The van der Waals surface area contributed by atoms with Crippen molar-refractivity contribution in [3.05, 3.63) is 88.4 Å². The van der Waals surface area contributed by atoms with Gasteiger partial charge < -0.3 is 15.0 Å². The van der Waals surface area contributed by atoms with Gasteiger partial charge in [0, 0.05) is 40.2 Å². The summed E-state index contributed by atoms with van der Waals surface area (Å²) in [5, 5.41) is 3.40. The largest absolute Gasteiger partial charge is 0.489 e. The predicted octanol–water partition coefficient (Wildman–Crippen LogP) is 5.46. The van der Waals surface area contributed by atoms with Gasteiger partial charge in [-0.25, -0.2) is 15.0 Å². The number of amides is 2. The number of nitrogens with zero attached hydrogens (tertiary/aromatic N) is 4. The van der Waals surface area contributed by atoms with Gasteiger partial charge in [0.2, 0.25) is 5.82 Å². The number of carbonyl (C=O) groups is 2. The summed E-state index contributed by atoms with van der Waals surface area (Å²) in [6.45, 7) is 4.06. The molecule has 3 heterocycles. The molecule has 1 N–H and O–H groups in total. The zero-order chi connectivity index (χ0) is 27.7. The third-order valence-electron chi connectivity index (χ3n) is 6.07. The fourth-order valence-electron chi connectivity index (χ4n) is 4.11. The zero-order valence-electron chi connectivity index (χ0n) is 20.8. The lowest BCUT2D eigenvalue weighted by molar-refractivity contribution is -0.145. The molecule has 5 rings (SSSR count). The van der Waals surface area contributed by atoms with E-state index in [4.69, 9.17) is 4.74 Å². The normalized spacial score (nSPS) is 13.8. The fourth-order valence-corrected chi connectivity index (χ4v) is 4.89. The minimum absolute atomic E-state index is 0.229. The number of aromatic nitrogens is 3. The maximum Gasteiger partial charge on any atom is 0.451 e. The molecular formula is C27H22F3N5O3S. The Bertz CT molecular complexity index is 1520. The van der Waals surface area contributed by atoms with Gasteiger partial charge in [0.05, 0.1) is 23.8 Å². The first-order valence-corrected chi connectivity index (χ1v) is 12.7. The van der Waals surface area contributed by atoms with Crippen LogP contribution in [0.15, 0.2) is 61.1 Å². The van der Waals surface area contributed by atoms with Crippen LogP contribution < -0.4 is 15.0 Å². The van der Waals surface area contributed by atoms with Crippen LogP contribution in [0.4, 0.5) is 18.9 Å². The van der Waals surface area contributed by atoms with Crippen LogP contribution in [0.1, 0.15) is 49.9 Å². The number of nitrogens with one attached hydrogen (secondary N) is 1. The number of thiazole rings is 1. The van der Waals surface area contributed by atoms with Gasteiger partial charge in [0.15, 0.2) is 5.75 Å². The molecule has 200 valence electrons. The first-order valence-electron chi connectivity index (χ1n) is 11.9. The maximum atomic E-state index is 13.4. The summed E-state index contributed by atoms with van der Waals surface area (Å²) >= 11 is 1.42. The van der Waals surface area contributed by atoms with E-state index in [1.807, 2.05) is 13.0 Å². The average molecular weight is 554 g/mol. The number of hydrogen-bond acceptors (Lipinski definition) is 7. The van der Waals surface area contributed by atoms with E-state index < -0.39 is 23.9 Å². The molecule has 0 spiro atoms. The number of benzene rings is 2. The Hall–Kier alpha value is -4.32. The van der Waals surface area contributed by atoms with E-state index in [1.165, 1.54) is 11.3 Å². The van der Waals surface area contributed by atoms with Crippen LogP contribution in [0.5, 0.6) is 5.75 Å². The van der Waals surface area contributed by atoms with Crippen LogP contribution in [0.25, 0.3) is 10.6 Å². The topological polar surface area (TPSA) is 97.3 Å². The second kappa shape index (κ2) is 10.4. The van der Waals surface area contributed by atoms with Gasteiger partial charge in [-0.1, -0.05) is 18.2 Å². The molecule has 4 aromatic rings. The summed E-state index contributed by atoms with van der Waals surface area (Å²) in [4.78, 5) is 40.5. The number of hydrogen-bond donors (Lipinski definition) is 1. The minimum atomic E-state index is -4.66. The Morgan fingerprint density at radius 1 is 1.05 bits per heavy atom. The number of anilines is 1. The number of halogens is 3. The SMILES string of the molecule is Cc1cnc(-c2cc(C(=O)NC(C)c3cnc(C(F)(F)F)nc3)cc3c2OCCN3C(=O)c2ccccc2)s1. The van der Waals surface area contributed by atoms with Crippen molar-refractivity contribution in [2.24, 2.45) is 0 Å². The summed E-state index contributed by atoms with van der Waals surface area (Å²) in [5.74, 6) is -1.56. The van der Waals surface area contributed by atoms with Crippen LogP contribution in [0.3, 0.4) is 0 Å². The first kappa shape index (κ1) is 26.3. The lowest BCUT2D eigenvalue weighted by Crippen LogP contribution is -2.38. The molecular weight excluding hydrogens is 531 g/mol. The number of rotatable bonds is 5. The zero-order valence-corrected chi connectivity index (χ0v) is 21.6. The highest BCUT2D eigenvalue weighted by atomic mass is 32.1. The Morgan fingerprint density at radius 3 is 2.41 bits per heavy atom. The summed E-state index contributed by atoms with van der Waals surface area (Å²) in [7, 11) is 0. The van der Waals surface area contributed by atoms with Crippen molar-refractivity contribution >= 4 is 28.8 Å². The molecule has 0 bridgehead atoms. The van der Waals surface area contributed by atoms with Gasteiger partial charge in [0.25, 0.3) is 11.8 Å². The second-order valence-electron chi connectivity index (χ2n) is 8.85. The van der Waals surface area contributed by atoms with Crippen LogP contribution in [0.2, 0.25) is 0 Å². The monoisotopic (exact) mass is 553 g/mol. The van der Waals surface area contributed by atoms with E-state index in [-0.39, 0.29) is 24.6 Å². The molecule has 1 atom stereocenters. The first-order chi connectivity index (χ1) is 18.6. The van der Waals surface area contributed by atoms with Crippen molar-refractivity contribution in [3.8, 4) is 16.3 Å². The molecule has 2 aromatic carbocycles. The number of aryl methyl sites for hydroxylation is 1. The van der Waals surface area contributed by atoms with Gasteiger partial charge in [-0.15, -0.1) is 11.3 Å². The van der Waals surface area contributed by atoms with E-state index in [0.29, 0.717) is 33.1 Å². The Labute approximate surface area is 225 Å². The van der Waals surface area contributed by atoms with Crippen LogP contribution >= 0.6 is 11.3 Å². The Balaban J connectivity index is 1.51. The molecule has 1 aliphatic heterocycles. The quantitative estimate of drug-likeness (QED) is 0.353. The molecule has 0 radical (unpaired) electrons. The third kappa shape index (κ3) is 5.46. The van der Waals surface area contributed by atoms with Gasteiger partial charge in [-0.3, -0.25) is 9.59 Å². The predicted molar refractivity (Wildman–Crippen MR) is 139 cm³/mol. The fraction of sp³-hybridized carbons (Fsp3) is 0.222. The molecule has 1 unspecified atom stereocenters. The summed E-state index contributed by atoms with van der Waals surface area (Å²) in [6.07, 6.45) is -0.887. The third-order valence-corrected chi connectivity index (χ3v) is 7.02. The van der Waals surface area contributed by atoms with Crippen molar-refractivity contribution in [2.75, 3.05) is 18.1 Å². The van der Waals surface area contributed by atoms with Crippen LogP contribution in [-0.2, 0) is 6.18 Å². The van der Waals surface area contributed by atoms with Crippen molar-refractivity contribution in [3.63, 3.8) is 0 Å². The van der Waals surface area contributed by atoms with Crippen molar-refractivity contribution in [1.82, 2.24) is 20.3 Å². The van der Waals surface area contributed by atoms with E-state index in [1.54, 1.807) is 54.4 Å². The number of alkyl halides is 3. The molecule has 0 saturated heterocycles. The maximum absolute atomic E-state index is 13.4. The summed E-state index contributed by atoms with van der Waals surface area (Å²) in [6, 6.07) is 11.3. The molecule has 0 saturated carbocycles. The number of carbonyl (C=O) groups excluding carboxylic acids is 2. The van der Waals surface area contributed by atoms with Crippen molar-refractivity contribution in [1.29, 1.82) is 0 Å². The lowest BCUT2D eigenvalue weighted by Gasteiger charge is -2.31. The van der Waals surface area contributed by atoms with E-state index in [9.17, 15) is 22.8 Å². The smallest absolute Gasteiger partial charge is 0.451 e. The van der Waals surface area contributed by atoms with E-state index >= 15 is 0 Å². The Morgan fingerprint density at radius 2 is 1.77 bits per heavy atom. The summed E-state index contributed by atoms with van der Waals surface area (Å²) in [5.41, 5.74) is 2.01. The van der Waals surface area contributed by atoms with Gasteiger partial charge >= 0.3 is 6.18 Å². The molecule has 2 aromatic heterocycles. The molecule has 0 aliphatic carbocycles. The standard InChI is InChI=1S/C27H22F3N5O3S/c1-15-12-31-24(39-15)20-10-18(23(36)34-16(2)19-13-32-26(33-14-19)27(28,29)30)11-21-22(20)38-9-8-35(21)25(37)17-6-4-3-5-7-17/h3-7,10-14,16H,8-9H2,1-2H3,(H,34,36). The van der Waals surface area contributed by atoms with Crippen LogP contribution in [0, 0.1) is 6.92 Å². The van der Waals surface area contributed by atoms with Gasteiger partial charge in [0.1, 0.15) is 11.6 Å². The molecule has 0 fully saturated rings. The molecule has 8 nitrogen and oxygen atoms in total. The van der Waals surface area contributed by atoms with Crippen molar-refractivity contribution < 1.29 is 27.5 Å². The Kier molecular flexibility index (Phi) is 7.04. The average Bonchev–Trinajstić information content (AvgIpc) is 3.37. The van der Waals surface area contributed by atoms with Crippen molar-refractivity contribution in [2.45, 2.75) is 26.1 Å². The van der Waals surface area contributed by atoms with E-state index in [0.717, 1.165) is 17.3 Å². The highest BCUT2D eigenvalue weighted by molar-refractivity contribution is 7.15. The number of ether oxygens (including phenoxy) is 1. The van der Waals surface area contributed by atoms with E-state index in [2.05, 4.69) is 20.3 Å². The molecule has 1 aliphatic rings. The second-order valence-corrected chi connectivity index (χ2v) is 10.1. The lowest BCUT2D eigenvalue weighted by atomic mass is 10.0. The van der Waals surface area contributed by atoms with Gasteiger partial charge in [-0.05, 0) is 38.1 Å². The highest BCUT2D eigenvalue weighted by Gasteiger charge is 2.34. The molecule has 2 amide bonds. The molecule has 12 heteroatoms. The number of fused-ring (bicyclic) bond motifs is 1. The highest BCUT2D eigenvalue weighted by Crippen LogP contribution is 2.43. The van der Waals surface area contributed by atoms with Gasteiger partial charge in [-0.2, -0.15) is 13.2 Å².